The van der Waals surface area contributed by atoms with Crippen molar-refractivity contribution < 1.29 is 19.1 Å². The van der Waals surface area contributed by atoms with Gasteiger partial charge in [-0.2, -0.15) is 0 Å². The Morgan fingerprint density at radius 3 is 2.16 bits per heavy atom. The molecule has 6 rings (SSSR count). The number of carbonyl (C=O) groups is 3. The first kappa shape index (κ1) is 31.9. The maximum absolute atomic E-state index is 14.0. The van der Waals surface area contributed by atoms with Crippen LogP contribution < -0.4 is 0 Å². The summed E-state index contributed by atoms with van der Waals surface area (Å²) in [6.07, 6.45) is 9.28. The summed E-state index contributed by atoms with van der Waals surface area (Å²) in [5.41, 5.74) is 10.9. The fourth-order valence-electron chi connectivity index (χ4n) is 6.10. The van der Waals surface area contributed by atoms with E-state index in [2.05, 4.69) is 53.7 Å². The van der Waals surface area contributed by atoms with E-state index in [1.54, 1.807) is 6.92 Å². The number of aryl methyl sites for hydroxylation is 1. The maximum atomic E-state index is 14.0. The summed E-state index contributed by atoms with van der Waals surface area (Å²) in [5.74, 6) is -0.413. The van der Waals surface area contributed by atoms with Gasteiger partial charge < -0.3 is 14.7 Å². The Morgan fingerprint density at radius 2 is 1.56 bits per heavy atom. The SMILES string of the molecule is CCC(=O)OC.CCCCCCN1C(=O)c2c3[nH]c(cc4nc(cc5nc(cc6[nH]c2c(c6C)C1=O)C(C)=C5)C=C4C)C(C)C3. The molecule has 9 heteroatoms. The summed E-state index contributed by atoms with van der Waals surface area (Å²) in [6.45, 7) is 12.6. The Labute approximate surface area is 264 Å². The molecule has 4 aliphatic heterocycles. The number of aromatic nitrogens is 4. The van der Waals surface area contributed by atoms with Crippen molar-refractivity contribution in [1.82, 2.24) is 24.8 Å². The summed E-state index contributed by atoms with van der Waals surface area (Å²) >= 11 is 0. The number of nitrogens with zero attached hydrogens (tertiary/aromatic N) is 3. The number of nitrogens with one attached hydrogen (secondary N) is 2. The van der Waals surface area contributed by atoms with Crippen molar-refractivity contribution in [2.75, 3.05) is 13.7 Å². The number of esters is 1. The van der Waals surface area contributed by atoms with Gasteiger partial charge in [0.25, 0.3) is 11.8 Å². The number of unbranched alkanes of at least 4 members (excludes halogenated alkanes) is 3. The summed E-state index contributed by atoms with van der Waals surface area (Å²) in [7, 11) is 1.38. The predicted octanol–water partition coefficient (Wildman–Crippen LogP) is 7.56. The molecule has 2 aromatic rings. The van der Waals surface area contributed by atoms with Gasteiger partial charge >= 0.3 is 5.97 Å². The highest BCUT2D eigenvalue weighted by molar-refractivity contribution is 6.23. The number of hydrogen-bond acceptors (Lipinski definition) is 6. The van der Waals surface area contributed by atoms with Crippen LogP contribution in [-0.2, 0) is 16.0 Å². The van der Waals surface area contributed by atoms with Crippen LogP contribution in [0.5, 0.6) is 0 Å². The molecule has 2 N–H and O–H groups in total. The molecule has 1 unspecified atom stereocenters. The topological polar surface area (TPSA) is 121 Å². The van der Waals surface area contributed by atoms with E-state index in [1.807, 2.05) is 26.0 Å². The second-order valence-electron chi connectivity index (χ2n) is 12.1. The van der Waals surface area contributed by atoms with Crippen LogP contribution in [0.2, 0.25) is 0 Å². The fraction of sp³-hybridized carbons (Fsp3) is 0.417. The van der Waals surface area contributed by atoms with Gasteiger partial charge in [-0.15, -0.1) is 0 Å². The lowest BCUT2D eigenvalue weighted by Crippen LogP contribution is -2.41. The number of aromatic amines is 2. The molecule has 0 saturated heterocycles. The van der Waals surface area contributed by atoms with E-state index in [0.29, 0.717) is 36.0 Å². The lowest BCUT2D eigenvalue weighted by atomic mass is 9.97. The number of fused-ring (bicyclic) bond motifs is 8. The van der Waals surface area contributed by atoms with Gasteiger partial charge in [-0.05, 0) is 80.7 Å². The van der Waals surface area contributed by atoms with Gasteiger partial charge in [0.1, 0.15) is 0 Å². The normalized spacial score (nSPS) is 16.1. The minimum Gasteiger partial charge on any atom is -0.469 e. The van der Waals surface area contributed by atoms with Crippen LogP contribution in [0.3, 0.4) is 0 Å². The molecule has 0 fully saturated rings. The first-order chi connectivity index (χ1) is 21.6. The number of rotatable bonds is 6. The first-order valence-electron chi connectivity index (χ1n) is 15.9. The van der Waals surface area contributed by atoms with Crippen molar-refractivity contribution in [3.8, 4) is 0 Å². The summed E-state index contributed by atoms with van der Waals surface area (Å²) < 4.78 is 4.26. The van der Waals surface area contributed by atoms with Crippen molar-refractivity contribution >= 4 is 52.1 Å². The van der Waals surface area contributed by atoms with Gasteiger partial charge in [-0.1, -0.05) is 40.0 Å². The van der Waals surface area contributed by atoms with Crippen LogP contribution >= 0.6 is 0 Å². The van der Waals surface area contributed by atoms with Crippen molar-refractivity contribution in [1.29, 1.82) is 0 Å². The van der Waals surface area contributed by atoms with Crippen molar-refractivity contribution in [2.45, 2.75) is 86.0 Å². The number of amides is 2. The number of carbonyl (C=O) groups excluding carboxylic acids is 3. The number of imide groups is 1. The average molecular weight is 610 g/mol. The monoisotopic (exact) mass is 609 g/mol. The third-order valence-electron chi connectivity index (χ3n) is 8.75. The molecule has 0 aromatic carbocycles. The fourth-order valence-corrected chi connectivity index (χ4v) is 6.10. The van der Waals surface area contributed by atoms with Crippen LogP contribution in [-0.4, -0.2) is 56.3 Å². The minimum absolute atomic E-state index is 0.157. The van der Waals surface area contributed by atoms with Gasteiger partial charge in [-0.3, -0.25) is 19.3 Å². The van der Waals surface area contributed by atoms with E-state index in [4.69, 9.17) is 9.97 Å². The Hall–Kier alpha value is -4.53. The zero-order chi connectivity index (χ0) is 32.4. The van der Waals surface area contributed by atoms with E-state index in [-0.39, 0.29) is 23.7 Å². The Morgan fingerprint density at radius 1 is 0.911 bits per heavy atom. The first-order valence-corrected chi connectivity index (χ1v) is 15.9. The van der Waals surface area contributed by atoms with Gasteiger partial charge in [0.2, 0.25) is 0 Å². The Kier molecular flexibility index (Phi) is 9.37. The minimum atomic E-state index is -0.224. The van der Waals surface area contributed by atoms with E-state index in [0.717, 1.165) is 82.1 Å². The summed E-state index contributed by atoms with van der Waals surface area (Å²) in [5, 5.41) is 0. The lowest BCUT2D eigenvalue weighted by molar-refractivity contribution is -0.140. The zero-order valence-electron chi connectivity index (χ0n) is 27.4. The second-order valence-corrected chi connectivity index (χ2v) is 12.1. The molecule has 9 nitrogen and oxygen atoms in total. The molecular formula is C36H43N5O4. The third kappa shape index (κ3) is 6.34. The van der Waals surface area contributed by atoms with Crippen LogP contribution in [0.15, 0.2) is 18.2 Å². The molecule has 2 amide bonds. The molecule has 6 heterocycles. The lowest BCUT2D eigenvalue weighted by Gasteiger charge is -2.26. The Bertz CT molecular complexity index is 1800. The van der Waals surface area contributed by atoms with Crippen LogP contribution in [0.4, 0.5) is 0 Å². The average Bonchev–Trinajstić information content (AvgIpc) is 3.74. The molecule has 8 bridgehead atoms. The quantitative estimate of drug-likeness (QED) is 0.198. The van der Waals surface area contributed by atoms with Gasteiger partial charge in [0, 0.05) is 35.8 Å². The van der Waals surface area contributed by atoms with E-state index >= 15 is 0 Å². The van der Waals surface area contributed by atoms with Crippen molar-refractivity contribution in [3.63, 3.8) is 0 Å². The molecule has 45 heavy (non-hydrogen) atoms. The Balaban J connectivity index is 0.000000609. The molecule has 0 radical (unpaired) electrons. The summed E-state index contributed by atoms with van der Waals surface area (Å²) in [6, 6.07) is 6.08. The number of H-pyrrole nitrogens is 2. The number of methoxy groups -OCH3 is 1. The third-order valence-corrected chi connectivity index (χ3v) is 8.75. The standard InChI is InChI=1S/C32H35N5O2.C4H8O2/c1-6-7-8-9-10-37-31(38)28-20(5)26-16-24-18(3)12-22(34-24)14-21-11-17(2)23(33-21)15-25-19(4)13-27(35-25)29(32(37)39)30(28)36-26;1-3-4(5)6-2/h11-12,14-16,19,35-36H,6-10,13H2,1-5H3;3H2,1-2H3. The van der Waals surface area contributed by atoms with E-state index < -0.39 is 0 Å². The van der Waals surface area contributed by atoms with Gasteiger partial charge in [0.15, 0.2) is 0 Å². The molecular weight excluding hydrogens is 566 g/mol. The van der Waals surface area contributed by atoms with Crippen LogP contribution in [0.1, 0.15) is 133 Å². The zero-order valence-corrected chi connectivity index (χ0v) is 27.4. The van der Waals surface area contributed by atoms with Gasteiger partial charge in [0.05, 0.1) is 46.5 Å². The highest BCUT2D eigenvalue weighted by Gasteiger charge is 2.37. The molecule has 2 aromatic heterocycles. The molecule has 4 aliphatic rings. The largest absolute Gasteiger partial charge is 0.469 e. The maximum Gasteiger partial charge on any atom is 0.305 e. The van der Waals surface area contributed by atoms with Crippen molar-refractivity contribution in [2.24, 2.45) is 0 Å². The molecule has 0 aliphatic carbocycles. The van der Waals surface area contributed by atoms with Crippen LogP contribution in [0, 0.1) is 6.92 Å². The molecule has 0 spiro atoms. The smallest absolute Gasteiger partial charge is 0.305 e. The molecule has 236 valence electrons. The second kappa shape index (κ2) is 13.2. The molecule has 1 atom stereocenters. The number of allylic oxidation sites excluding steroid dienone is 2. The molecule has 0 saturated carbocycles. The predicted molar refractivity (Wildman–Crippen MR) is 178 cm³/mol. The van der Waals surface area contributed by atoms with Gasteiger partial charge in [-0.25, -0.2) is 9.97 Å². The van der Waals surface area contributed by atoms with Crippen molar-refractivity contribution in [3.05, 3.63) is 69.1 Å². The highest BCUT2D eigenvalue weighted by atomic mass is 16.5. The summed E-state index contributed by atoms with van der Waals surface area (Å²) in [4.78, 5) is 56.0. The number of hydrogen-bond donors (Lipinski definition) is 2. The van der Waals surface area contributed by atoms with E-state index in [9.17, 15) is 14.4 Å². The van der Waals surface area contributed by atoms with Crippen LogP contribution in [0.25, 0.3) is 34.3 Å². The highest BCUT2D eigenvalue weighted by Crippen LogP contribution is 2.36. The van der Waals surface area contributed by atoms with E-state index in [1.165, 1.54) is 12.0 Å². The number of ether oxygens (including phenoxy) is 1.